The molecule has 0 saturated carbocycles. The molecule has 3 aromatic rings. The Morgan fingerprint density at radius 1 is 0.806 bits per heavy atom. The molecule has 36 heavy (non-hydrogen) atoms. The van der Waals surface area contributed by atoms with E-state index in [0.717, 1.165) is 19.3 Å². The van der Waals surface area contributed by atoms with Crippen molar-refractivity contribution in [1.82, 2.24) is 5.32 Å². The Morgan fingerprint density at radius 3 is 2.53 bits per heavy atom. The average Bonchev–Trinajstić information content (AvgIpc) is 3.20. The summed E-state index contributed by atoms with van der Waals surface area (Å²) in [6, 6.07) is 18.6. The van der Waals surface area contributed by atoms with Crippen molar-refractivity contribution in [2.45, 2.75) is 19.3 Å². The number of rotatable bonds is 2. The average molecular weight is 474 g/mol. The zero-order valence-corrected chi connectivity index (χ0v) is 19.9. The van der Waals surface area contributed by atoms with E-state index in [1.54, 1.807) is 0 Å². The molecule has 7 rings (SSSR count). The molecule has 0 fully saturated rings. The normalized spacial score (nSPS) is 17.6. The van der Waals surface area contributed by atoms with Crippen LogP contribution in [0.3, 0.4) is 0 Å². The molecule has 2 aliphatic heterocycles. The van der Waals surface area contributed by atoms with Crippen molar-refractivity contribution in [1.29, 1.82) is 0 Å². The largest absolute Gasteiger partial charge is 0.454 e. The van der Waals surface area contributed by atoms with Crippen LogP contribution in [0.25, 0.3) is 23.3 Å². The van der Waals surface area contributed by atoms with Crippen LogP contribution in [0.2, 0.25) is 0 Å². The third-order valence-corrected chi connectivity index (χ3v) is 7.02. The smallest absolute Gasteiger partial charge is 0.231 e. The van der Waals surface area contributed by atoms with Gasteiger partial charge in [-0.1, -0.05) is 60.7 Å². The van der Waals surface area contributed by atoms with Gasteiger partial charge in [0.1, 0.15) is 0 Å². The molecule has 2 heterocycles. The zero-order chi connectivity index (χ0) is 24.3. The van der Waals surface area contributed by atoms with Gasteiger partial charge in [0, 0.05) is 23.9 Å². The Kier molecular flexibility index (Phi) is 6.00. The number of ether oxygens (including phenoxy) is 2. The SMILES string of the molecule is C1=CC=CNC=C1.O=C(c1ccc2c(c1)OCO2)C1C=c2c(ccc3c2=CCc2ccccc2-3)CC1. The van der Waals surface area contributed by atoms with Gasteiger partial charge in [-0.15, -0.1) is 0 Å². The van der Waals surface area contributed by atoms with Crippen molar-refractivity contribution < 1.29 is 14.3 Å². The van der Waals surface area contributed by atoms with E-state index in [-0.39, 0.29) is 18.5 Å². The summed E-state index contributed by atoms with van der Waals surface area (Å²) < 4.78 is 10.8. The first-order valence-corrected chi connectivity index (χ1v) is 12.4. The highest BCUT2D eigenvalue weighted by atomic mass is 16.7. The number of allylic oxidation sites excluding steroid dienone is 4. The zero-order valence-electron chi connectivity index (χ0n) is 19.9. The summed E-state index contributed by atoms with van der Waals surface area (Å²) in [6.07, 6.45) is 18.8. The lowest BCUT2D eigenvalue weighted by Gasteiger charge is -2.21. The molecule has 0 aromatic heterocycles. The molecule has 1 atom stereocenters. The van der Waals surface area contributed by atoms with Crippen molar-refractivity contribution in [2.24, 2.45) is 5.92 Å². The molecular formula is C32H27NO3. The molecule has 4 aliphatic rings. The standard InChI is InChI=1S/C26H20O3.C6H7N/c27-26(19-9-12-24-25(14-19)29-15-28-24)18-6-5-17-8-10-21-20-4-2-1-3-16(20)7-11-22(21)23(17)13-18;1-2-4-6-7-5-3-1/h1-4,8-14,18H,5-7,15H2;1-7H. The number of carbonyl (C=O) groups excluding carboxylic acids is 1. The summed E-state index contributed by atoms with van der Waals surface area (Å²) in [4.78, 5) is 13.2. The van der Waals surface area contributed by atoms with Gasteiger partial charge in [-0.05, 0) is 82.3 Å². The number of ketones is 1. The van der Waals surface area contributed by atoms with Crippen LogP contribution < -0.4 is 25.2 Å². The van der Waals surface area contributed by atoms with Gasteiger partial charge in [-0.3, -0.25) is 4.79 Å². The van der Waals surface area contributed by atoms with E-state index in [0.29, 0.717) is 17.1 Å². The van der Waals surface area contributed by atoms with Crippen LogP contribution in [0.1, 0.15) is 27.9 Å². The summed E-state index contributed by atoms with van der Waals surface area (Å²) in [5.74, 6) is 1.42. The Morgan fingerprint density at radius 2 is 1.64 bits per heavy atom. The first-order valence-electron chi connectivity index (χ1n) is 12.4. The predicted octanol–water partition coefficient (Wildman–Crippen LogP) is 4.82. The van der Waals surface area contributed by atoms with E-state index < -0.39 is 0 Å². The van der Waals surface area contributed by atoms with E-state index in [1.807, 2.05) is 54.9 Å². The second-order valence-electron chi connectivity index (χ2n) is 9.18. The number of hydrogen-bond acceptors (Lipinski definition) is 4. The minimum absolute atomic E-state index is 0.111. The van der Waals surface area contributed by atoms with Gasteiger partial charge in [-0.2, -0.15) is 0 Å². The number of hydrogen-bond donors (Lipinski definition) is 1. The highest BCUT2D eigenvalue weighted by Crippen LogP contribution is 2.34. The van der Waals surface area contributed by atoms with Crippen molar-refractivity contribution in [2.75, 3.05) is 6.79 Å². The maximum atomic E-state index is 13.2. The van der Waals surface area contributed by atoms with E-state index in [9.17, 15) is 4.79 Å². The van der Waals surface area contributed by atoms with Gasteiger partial charge in [0.15, 0.2) is 17.3 Å². The van der Waals surface area contributed by atoms with E-state index in [4.69, 9.17) is 9.47 Å². The van der Waals surface area contributed by atoms with Crippen molar-refractivity contribution in [3.05, 3.63) is 118 Å². The second-order valence-corrected chi connectivity index (χ2v) is 9.18. The van der Waals surface area contributed by atoms with Gasteiger partial charge in [0.2, 0.25) is 6.79 Å². The number of nitrogens with one attached hydrogen (secondary N) is 1. The minimum Gasteiger partial charge on any atom is -0.454 e. The molecule has 0 bridgehead atoms. The van der Waals surface area contributed by atoms with Crippen LogP contribution in [0, 0.1) is 5.92 Å². The monoisotopic (exact) mass is 473 g/mol. The Labute approximate surface area is 210 Å². The molecule has 178 valence electrons. The Bertz CT molecular complexity index is 1530. The summed E-state index contributed by atoms with van der Waals surface area (Å²) in [5.41, 5.74) is 5.99. The van der Waals surface area contributed by atoms with Gasteiger partial charge in [-0.25, -0.2) is 0 Å². The summed E-state index contributed by atoms with van der Waals surface area (Å²) >= 11 is 0. The number of fused-ring (bicyclic) bond motifs is 6. The van der Waals surface area contributed by atoms with Gasteiger partial charge >= 0.3 is 0 Å². The lowest BCUT2D eigenvalue weighted by atomic mass is 9.82. The fourth-order valence-corrected chi connectivity index (χ4v) is 5.20. The van der Waals surface area contributed by atoms with E-state index in [2.05, 4.69) is 53.9 Å². The summed E-state index contributed by atoms with van der Waals surface area (Å²) in [6.45, 7) is 0.222. The summed E-state index contributed by atoms with van der Waals surface area (Å²) in [5, 5.41) is 5.44. The van der Waals surface area contributed by atoms with E-state index in [1.165, 1.54) is 32.7 Å². The van der Waals surface area contributed by atoms with Crippen molar-refractivity contribution in [3.8, 4) is 22.6 Å². The Hall–Kier alpha value is -4.31. The Balaban J connectivity index is 0.000000299. The van der Waals surface area contributed by atoms with E-state index >= 15 is 0 Å². The topological polar surface area (TPSA) is 47.6 Å². The molecular weight excluding hydrogens is 446 g/mol. The number of carbonyl (C=O) groups is 1. The molecule has 1 N–H and O–H groups in total. The second kappa shape index (κ2) is 9.74. The first kappa shape index (κ1) is 22.2. The van der Waals surface area contributed by atoms with Gasteiger partial charge in [0.05, 0.1) is 0 Å². The van der Waals surface area contributed by atoms with Gasteiger partial charge in [0.25, 0.3) is 0 Å². The van der Waals surface area contributed by atoms with Crippen LogP contribution in [-0.4, -0.2) is 12.6 Å². The highest BCUT2D eigenvalue weighted by Gasteiger charge is 2.24. The molecule has 4 nitrogen and oxygen atoms in total. The predicted molar refractivity (Wildman–Crippen MR) is 143 cm³/mol. The summed E-state index contributed by atoms with van der Waals surface area (Å²) in [7, 11) is 0. The molecule has 0 radical (unpaired) electrons. The van der Waals surface area contributed by atoms with Crippen LogP contribution >= 0.6 is 0 Å². The van der Waals surface area contributed by atoms with Crippen LogP contribution in [0.15, 0.2) is 91.3 Å². The number of benzene rings is 3. The highest BCUT2D eigenvalue weighted by molar-refractivity contribution is 6.01. The number of Topliss-reactive ketones (excluding diaryl/α,β-unsaturated/α-hetero) is 1. The lowest BCUT2D eigenvalue weighted by Crippen LogP contribution is -2.37. The van der Waals surface area contributed by atoms with Crippen LogP contribution in [-0.2, 0) is 12.8 Å². The molecule has 0 saturated heterocycles. The molecule has 0 amide bonds. The maximum absolute atomic E-state index is 13.2. The lowest BCUT2D eigenvalue weighted by molar-refractivity contribution is 0.0946. The quantitative estimate of drug-likeness (QED) is 0.543. The number of aryl methyl sites for hydroxylation is 1. The fraction of sp³-hybridized carbons (Fsp3) is 0.156. The molecule has 4 heteroatoms. The van der Waals surface area contributed by atoms with Crippen LogP contribution in [0.4, 0.5) is 0 Å². The van der Waals surface area contributed by atoms with Crippen LogP contribution in [0.5, 0.6) is 11.5 Å². The molecule has 2 aliphatic carbocycles. The molecule has 3 aromatic carbocycles. The third-order valence-electron chi connectivity index (χ3n) is 7.02. The van der Waals surface area contributed by atoms with Crippen molar-refractivity contribution in [3.63, 3.8) is 0 Å². The van der Waals surface area contributed by atoms with Crippen molar-refractivity contribution >= 4 is 17.9 Å². The van der Waals surface area contributed by atoms with Gasteiger partial charge < -0.3 is 14.8 Å². The maximum Gasteiger partial charge on any atom is 0.231 e. The third kappa shape index (κ3) is 4.27. The fourth-order valence-electron chi connectivity index (χ4n) is 5.20. The molecule has 0 spiro atoms. The molecule has 1 unspecified atom stereocenters. The first-order chi connectivity index (χ1) is 17.8. The minimum atomic E-state index is -0.111.